The van der Waals surface area contributed by atoms with E-state index in [1.807, 2.05) is 13.2 Å². The van der Waals surface area contributed by atoms with Gasteiger partial charge >= 0.3 is 0 Å². The molecule has 0 N–H and O–H groups in total. The predicted octanol–water partition coefficient (Wildman–Crippen LogP) is 2.54. The molecule has 11 heteroatoms. The van der Waals surface area contributed by atoms with E-state index in [9.17, 15) is 14.0 Å². The molecule has 0 spiro atoms. The molecular weight excluding hydrogens is 473 g/mol. The number of amides is 2. The number of fused-ring (bicyclic) bond motifs is 1. The maximum Gasteiger partial charge on any atom is 0.255 e. The predicted molar refractivity (Wildman–Crippen MR) is 129 cm³/mol. The van der Waals surface area contributed by atoms with Crippen LogP contribution in [0.2, 0.25) is 5.02 Å². The Balaban J connectivity index is 1.41. The van der Waals surface area contributed by atoms with Crippen molar-refractivity contribution < 1.29 is 14.0 Å². The summed E-state index contributed by atoms with van der Waals surface area (Å²) in [6.45, 7) is 4.67. The minimum absolute atomic E-state index is 0.0199. The largest absolute Gasteiger partial charge is 0.351 e. The molecule has 35 heavy (non-hydrogen) atoms. The maximum atomic E-state index is 13.4. The molecule has 0 unspecified atom stereocenters. The van der Waals surface area contributed by atoms with Crippen LogP contribution < -0.4 is 4.90 Å². The monoisotopic (exact) mass is 497 g/mol. The number of hydrogen-bond acceptors (Lipinski definition) is 6. The lowest BCUT2D eigenvalue weighted by Gasteiger charge is -2.37. The van der Waals surface area contributed by atoms with Crippen LogP contribution in [-0.4, -0.2) is 74.1 Å². The molecule has 1 aromatic carbocycles. The average Bonchev–Trinajstić information content (AvgIpc) is 3.28. The Morgan fingerprint density at radius 3 is 2.46 bits per heavy atom. The molecule has 0 saturated carbocycles. The highest BCUT2D eigenvalue weighted by Gasteiger charge is 2.29. The fourth-order valence-electron chi connectivity index (χ4n) is 4.50. The molecule has 5 rings (SSSR count). The number of rotatable bonds is 3. The zero-order valence-corrected chi connectivity index (χ0v) is 20.3. The van der Waals surface area contributed by atoms with Gasteiger partial charge in [0.25, 0.3) is 5.91 Å². The maximum absolute atomic E-state index is 13.4. The normalized spacial score (nSPS) is 15.8. The Morgan fingerprint density at radius 2 is 1.80 bits per heavy atom. The van der Waals surface area contributed by atoms with Crippen molar-refractivity contribution in [1.29, 1.82) is 0 Å². The Morgan fingerprint density at radius 1 is 1.03 bits per heavy atom. The zero-order chi connectivity index (χ0) is 24.7. The third-order valence-electron chi connectivity index (χ3n) is 6.44. The van der Waals surface area contributed by atoms with Gasteiger partial charge in [0.15, 0.2) is 5.82 Å². The van der Waals surface area contributed by atoms with Crippen LogP contribution in [0.1, 0.15) is 28.7 Å². The molecule has 4 heterocycles. The lowest BCUT2D eigenvalue weighted by Crippen LogP contribution is -2.49. The first-order chi connectivity index (χ1) is 16.8. The summed E-state index contributed by atoms with van der Waals surface area (Å²) in [6, 6.07) is 3.82. The van der Waals surface area contributed by atoms with Gasteiger partial charge in [0.05, 0.1) is 34.7 Å². The van der Waals surface area contributed by atoms with Crippen molar-refractivity contribution in [2.75, 3.05) is 37.6 Å². The number of hydrogen-bond donors (Lipinski definition) is 0. The van der Waals surface area contributed by atoms with Crippen molar-refractivity contribution in [2.45, 2.75) is 19.9 Å². The van der Waals surface area contributed by atoms with Crippen LogP contribution in [0.3, 0.4) is 0 Å². The molecule has 3 aromatic rings. The van der Waals surface area contributed by atoms with Crippen molar-refractivity contribution in [3.63, 3.8) is 0 Å². The Bertz CT molecular complexity index is 1300. The molecule has 0 atom stereocenters. The standard InChI is InChI=1S/C24H25ClFN7O2/c1-15(34)33-6-5-20-21(14-33)28-22(16-12-27-30(2)13-16)23(29-20)31-7-9-32(10-8-31)24(35)18-4-3-17(26)11-19(18)25/h3-4,11-13H,5-10,14H2,1-2H3. The summed E-state index contributed by atoms with van der Waals surface area (Å²) < 4.78 is 15.1. The van der Waals surface area contributed by atoms with E-state index in [0.29, 0.717) is 56.9 Å². The minimum atomic E-state index is -0.475. The number of aryl methyl sites for hydroxylation is 1. The van der Waals surface area contributed by atoms with E-state index in [1.165, 1.54) is 12.1 Å². The van der Waals surface area contributed by atoms with Gasteiger partial charge in [-0.3, -0.25) is 14.3 Å². The van der Waals surface area contributed by atoms with Crippen molar-refractivity contribution in [1.82, 2.24) is 29.5 Å². The number of carbonyl (C=O) groups is 2. The topological polar surface area (TPSA) is 87.5 Å². The van der Waals surface area contributed by atoms with E-state index >= 15 is 0 Å². The van der Waals surface area contributed by atoms with Gasteiger partial charge < -0.3 is 14.7 Å². The first kappa shape index (κ1) is 23.2. The van der Waals surface area contributed by atoms with Gasteiger partial charge in [-0.2, -0.15) is 5.10 Å². The number of carbonyl (C=O) groups excluding carboxylic acids is 2. The van der Waals surface area contributed by atoms with Crippen LogP contribution in [0, 0.1) is 5.82 Å². The molecule has 1 fully saturated rings. The number of benzene rings is 1. The number of aromatic nitrogens is 4. The molecular formula is C24H25ClFN7O2. The first-order valence-corrected chi connectivity index (χ1v) is 11.8. The Labute approximate surface area is 207 Å². The smallest absolute Gasteiger partial charge is 0.255 e. The number of halogens is 2. The summed E-state index contributed by atoms with van der Waals surface area (Å²) in [5.41, 5.74) is 3.54. The highest BCUT2D eigenvalue weighted by Crippen LogP contribution is 2.31. The summed E-state index contributed by atoms with van der Waals surface area (Å²) in [6.07, 6.45) is 4.29. The van der Waals surface area contributed by atoms with E-state index in [2.05, 4.69) is 10.00 Å². The third-order valence-corrected chi connectivity index (χ3v) is 6.76. The molecule has 0 aliphatic carbocycles. The van der Waals surface area contributed by atoms with Crippen molar-refractivity contribution >= 4 is 29.2 Å². The van der Waals surface area contributed by atoms with E-state index in [0.717, 1.165) is 28.8 Å². The minimum Gasteiger partial charge on any atom is -0.351 e. The highest BCUT2D eigenvalue weighted by atomic mass is 35.5. The average molecular weight is 498 g/mol. The highest BCUT2D eigenvalue weighted by molar-refractivity contribution is 6.33. The fraction of sp³-hybridized carbons (Fsp3) is 0.375. The molecule has 0 bridgehead atoms. The van der Waals surface area contributed by atoms with Gasteiger partial charge in [-0.25, -0.2) is 14.4 Å². The summed E-state index contributed by atoms with van der Waals surface area (Å²) in [7, 11) is 1.84. The van der Waals surface area contributed by atoms with Crippen LogP contribution in [0.4, 0.5) is 10.2 Å². The number of piperazine rings is 1. The van der Waals surface area contributed by atoms with Crippen LogP contribution in [-0.2, 0) is 24.8 Å². The second kappa shape index (κ2) is 9.26. The molecule has 2 aliphatic rings. The first-order valence-electron chi connectivity index (χ1n) is 11.4. The summed E-state index contributed by atoms with van der Waals surface area (Å²) in [5.74, 6) is 0.0751. The molecule has 9 nitrogen and oxygen atoms in total. The van der Waals surface area contributed by atoms with Crippen LogP contribution in [0.15, 0.2) is 30.6 Å². The summed E-state index contributed by atoms with van der Waals surface area (Å²) >= 11 is 6.11. The SMILES string of the molecule is CC(=O)N1CCc2nc(N3CCN(C(=O)c4ccc(F)cc4Cl)CC3)c(-c3cnn(C)c3)nc2C1. The van der Waals surface area contributed by atoms with Gasteiger partial charge in [-0.1, -0.05) is 11.6 Å². The van der Waals surface area contributed by atoms with E-state index in [-0.39, 0.29) is 16.8 Å². The van der Waals surface area contributed by atoms with Gasteiger partial charge in [0, 0.05) is 64.9 Å². The van der Waals surface area contributed by atoms with E-state index < -0.39 is 5.82 Å². The lowest BCUT2D eigenvalue weighted by molar-refractivity contribution is -0.129. The second-order valence-electron chi connectivity index (χ2n) is 8.79. The zero-order valence-electron chi connectivity index (χ0n) is 19.5. The van der Waals surface area contributed by atoms with E-state index in [1.54, 1.807) is 27.6 Å². The molecule has 2 aliphatic heterocycles. The third kappa shape index (κ3) is 4.58. The van der Waals surface area contributed by atoms with Gasteiger partial charge in [-0.05, 0) is 18.2 Å². The van der Waals surface area contributed by atoms with Gasteiger partial charge in [-0.15, -0.1) is 0 Å². The molecule has 2 aromatic heterocycles. The quantitative estimate of drug-likeness (QED) is 0.552. The Hall–Kier alpha value is -3.53. The van der Waals surface area contributed by atoms with Crippen LogP contribution in [0.5, 0.6) is 0 Å². The van der Waals surface area contributed by atoms with Crippen molar-refractivity contribution in [3.05, 3.63) is 58.4 Å². The molecule has 1 saturated heterocycles. The van der Waals surface area contributed by atoms with Crippen molar-refractivity contribution in [3.8, 4) is 11.3 Å². The van der Waals surface area contributed by atoms with Crippen LogP contribution >= 0.6 is 11.6 Å². The van der Waals surface area contributed by atoms with Gasteiger partial charge in [0.2, 0.25) is 5.91 Å². The second-order valence-corrected chi connectivity index (χ2v) is 9.19. The number of nitrogens with zero attached hydrogens (tertiary/aromatic N) is 7. The lowest BCUT2D eigenvalue weighted by atomic mass is 10.1. The molecule has 2 amide bonds. The summed E-state index contributed by atoms with van der Waals surface area (Å²) in [5, 5.41) is 4.40. The fourth-order valence-corrected chi connectivity index (χ4v) is 4.75. The van der Waals surface area contributed by atoms with Crippen LogP contribution in [0.25, 0.3) is 11.3 Å². The molecule has 0 radical (unpaired) electrons. The molecule has 182 valence electrons. The Kier molecular flexibility index (Phi) is 6.14. The van der Waals surface area contributed by atoms with Gasteiger partial charge in [0.1, 0.15) is 11.5 Å². The van der Waals surface area contributed by atoms with E-state index in [4.69, 9.17) is 21.6 Å². The summed E-state index contributed by atoms with van der Waals surface area (Å²) in [4.78, 5) is 40.4. The number of anilines is 1. The van der Waals surface area contributed by atoms with Crippen molar-refractivity contribution in [2.24, 2.45) is 7.05 Å².